The summed E-state index contributed by atoms with van der Waals surface area (Å²) in [7, 11) is -0.278. The van der Waals surface area contributed by atoms with Gasteiger partial charge >= 0.3 is 0 Å². The Balaban J connectivity index is 1.64. The molecule has 174 valence electrons. The standard InChI is InChI=1S/C30H31O3S/c1-22(2)31-25-10-16-28(17-11-25)34(29-18-12-26(13-19-29)32-23(3)4)30-20-14-27(15-21-30)33-24-8-6-5-7-9-24/h5-23H,1-4H3/q+1. The average molecular weight is 472 g/mol. The highest BCUT2D eigenvalue weighted by atomic mass is 32.2. The van der Waals surface area contributed by atoms with Crippen molar-refractivity contribution in [1.82, 2.24) is 0 Å². The first-order chi connectivity index (χ1) is 16.5. The third-order valence-corrected chi connectivity index (χ3v) is 7.13. The SMILES string of the molecule is CC(C)Oc1ccc([S+](c2ccc(Oc3ccccc3)cc2)c2ccc(OC(C)C)cc2)cc1. The molecule has 4 aromatic rings. The average Bonchev–Trinajstić information content (AvgIpc) is 2.82. The van der Waals surface area contributed by atoms with E-state index < -0.39 is 0 Å². The quantitative estimate of drug-likeness (QED) is 0.231. The van der Waals surface area contributed by atoms with Gasteiger partial charge in [-0.15, -0.1) is 0 Å². The lowest BCUT2D eigenvalue weighted by molar-refractivity contribution is 0.242. The van der Waals surface area contributed by atoms with Gasteiger partial charge in [0, 0.05) is 0 Å². The maximum atomic E-state index is 6.00. The molecule has 0 fully saturated rings. The first-order valence-corrected chi connectivity index (χ1v) is 12.8. The minimum Gasteiger partial charge on any atom is -0.491 e. The molecule has 0 aliphatic heterocycles. The Bertz CT molecular complexity index is 1100. The summed E-state index contributed by atoms with van der Waals surface area (Å²) in [6, 6.07) is 35.1. The molecule has 0 unspecified atom stereocenters. The van der Waals surface area contributed by atoms with Gasteiger partial charge in [0.1, 0.15) is 23.0 Å². The summed E-state index contributed by atoms with van der Waals surface area (Å²) in [5.41, 5.74) is 0. The van der Waals surface area contributed by atoms with Crippen LogP contribution in [0.25, 0.3) is 0 Å². The normalized spacial score (nSPS) is 11.1. The molecule has 0 aliphatic rings. The maximum absolute atomic E-state index is 6.00. The molecular weight excluding hydrogens is 440 g/mol. The molecule has 0 atom stereocenters. The number of benzene rings is 4. The van der Waals surface area contributed by atoms with Gasteiger partial charge in [0.15, 0.2) is 14.7 Å². The molecule has 0 amide bonds. The van der Waals surface area contributed by atoms with Crippen LogP contribution in [0.1, 0.15) is 27.7 Å². The molecule has 0 radical (unpaired) electrons. The second kappa shape index (κ2) is 11.2. The van der Waals surface area contributed by atoms with E-state index in [1.807, 2.05) is 70.2 Å². The van der Waals surface area contributed by atoms with Gasteiger partial charge in [-0.1, -0.05) is 18.2 Å². The van der Waals surface area contributed by atoms with E-state index in [1.165, 1.54) is 14.7 Å². The van der Waals surface area contributed by atoms with E-state index >= 15 is 0 Å². The molecule has 0 bridgehead atoms. The first-order valence-electron chi connectivity index (χ1n) is 11.6. The fourth-order valence-electron chi connectivity index (χ4n) is 3.53. The molecule has 4 heteroatoms. The molecule has 0 saturated heterocycles. The number of hydrogen-bond acceptors (Lipinski definition) is 3. The Morgan fingerprint density at radius 1 is 0.441 bits per heavy atom. The number of para-hydroxylation sites is 1. The van der Waals surface area contributed by atoms with Gasteiger partial charge in [0.25, 0.3) is 0 Å². The summed E-state index contributed by atoms with van der Waals surface area (Å²) in [5, 5.41) is 0. The highest BCUT2D eigenvalue weighted by Crippen LogP contribution is 2.34. The lowest BCUT2D eigenvalue weighted by Crippen LogP contribution is -2.08. The van der Waals surface area contributed by atoms with E-state index in [0.29, 0.717) is 0 Å². The molecule has 0 N–H and O–H groups in total. The van der Waals surface area contributed by atoms with E-state index in [4.69, 9.17) is 14.2 Å². The predicted molar refractivity (Wildman–Crippen MR) is 140 cm³/mol. The van der Waals surface area contributed by atoms with Crippen molar-refractivity contribution in [2.75, 3.05) is 0 Å². The van der Waals surface area contributed by atoms with Crippen LogP contribution in [-0.2, 0) is 10.9 Å². The van der Waals surface area contributed by atoms with Crippen molar-refractivity contribution in [1.29, 1.82) is 0 Å². The summed E-state index contributed by atoms with van der Waals surface area (Å²) in [6.45, 7) is 8.16. The molecule has 0 aromatic heterocycles. The highest BCUT2D eigenvalue weighted by molar-refractivity contribution is 7.97. The van der Waals surface area contributed by atoms with E-state index in [2.05, 4.69) is 60.7 Å². The monoisotopic (exact) mass is 471 g/mol. The van der Waals surface area contributed by atoms with Gasteiger partial charge in [-0.2, -0.15) is 0 Å². The predicted octanol–water partition coefficient (Wildman–Crippen LogP) is 8.15. The van der Waals surface area contributed by atoms with Crippen molar-refractivity contribution in [3.63, 3.8) is 0 Å². The Labute approximate surface area is 205 Å². The van der Waals surface area contributed by atoms with Crippen molar-refractivity contribution in [2.45, 2.75) is 54.6 Å². The lowest BCUT2D eigenvalue weighted by atomic mass is 10.3. The third kappa shape index (κ3) is 6.36. The molecule has 4 rings (SSSR count). The summed E-state index contributed by atoms with van der Waals surface area (Å²) in [4.78, 5) is 3.67. The Morgan fingerprint density at radius 2 is 0.794 bits per heavy atom. The van der Waals surface area contributed by atoms with Crippen LogP contribution >= 0.6 is 0 Å². The van der Waals surface area contributed by atoms with Crippen molar-refractivity contribution in [2.24, 2.45) is 0 Å². The van der Waals surface area contributed by atoms with Crippen LogP contribution in [0.15, 0.2) is 118 Å². The van der Waals surface area contributed by atoms with E-state index in [1.54, 1.807) is 0 Å². The van der Waals surface area contributed by atoms with Crippen LogP contribution in [0.5, 0.6) is 23.0 Å². The molecule has 0 heterocycles. The van der Waals surface area contributed by atoms with Crippen molar-refractivity contribution in [3.05, 3.63) is 103 Å². The van der Waals surface area contributed by atoms with Crippen molar-refractivity contribution < 1.29 is 14.2 Å². The number of hydrogen-bond donors (Lipinski definition) is 0. The second-order valence-corrected chi connectivity index (χ2v) is 10.5. The van der Waals surface area contributed by atoms with Gasteiger partial charge in [-0.3, -0.25) is 0 Å². The first kappa shape index (κ1) is 23.8. The minimum absolute atomic E-state index is 0.148. The molecular formula is C30H31O3S+. The maximum Gasteiger partial charge on any atom is 0.166 e. The highest BCUT2D eigenvalue weighted by Gasteiger charge is 2.29. The number of rotatable bonds is 9. The molecule has 0 spiro atoms. The molecule has 0 saturated carbocycles. The topological polar surface area (TPSA) is 27.7 Å². The summed E-state index contributed by atoms with van der Waals surface area (Å²) < 4.78 is 17.7. The summed E-state index contributed by atoms with van der Waals surface area (Å²) in [5.74, 6) is 3.42. The zero-order valence-electron chi connectivity index (χ0n) is 20.1. The minimum atomic E-state index is -0.278. The zero-order chi connectivity index (χ0) is 23.9. The molecule has 34 heavy (non-hydrogen) atoms. The summed E-state index contributed by atoms with van der Waals surface area (Å²) >= 11 is 0. The Morgan fingerprint density at radius 3 is 1.18 bits per heavy atom. The molecule has 0 aliphatic carbocycles. The van der Waals surface area contributed by atoms with Gasteiger partial charge in [-0.25, -0.2) is 0 Å². The number of ether oxygens (including phenoxy) is 3. The van der Waals surface area contributed by atoms with Crippen LogP contribution in [0.2, 0.25) is 0 Å². The molecule has 3 nitrogen and oxygen atoms in total. The van der Waals surface area contributed by atoms with E-state index in [-0.39, 0.29) is 23.1 Å². The van der Waals surface area contributed by atoms with Crippen LogP contribution in [0.3, 0.4) is 0 Å². The lowest BCUT2D eigenvalue weighted by Gasteiger charge is -2.13. The van der Waals surface area contributed by atoms with E-state index in [0.717, 1.165) is 23.0 Å². The fraction of sp³-hybridized carbons (Fsp3) is 0.200. The second-order valence-electron chi connectivity index (χ2n) is 8.47. The summed E-state index contributed by atoms with van der Waals surface area (Å²) in [6.07, 6.45) is 0.296. The Hall–Kier alpha value is -3.37. The van der Waals surface area contributed by atoms with Gasteiger partial charge < -0.3 is 14.2 Å². The van der Waals surface area contributed by atoms with Crippen LogP contribution in [0, 0.1) is 0 Å². The largest absolute Gasteiger partial charge is 0.491 e. The fourth-order valence-corrected chi connectivity index (χ4v) is 5.57. The molecule has 4 aromatic carbocycles. The van der Waals surface area contributed by atoms with E-state index in [9.17, 15) is 0 Å². The van der Waals surface area contributed by atoms with Crippen molar-refractivity contribution >= 4 is 10.9 Å². The van der Waals surface area contributed by atoms with Gasteiger partial charge in [-0.05, 0) is 113 Å². The van der Waals surface area contributed by atoms with Crippen LogP contribution < -0.4 is 14.2 Å². The van der Waals surface area contributed by atoms with Gasteiger partial charge in [0.05, 0.1) is 23.1 Å². The van der Waals surface area contributed by atoms with Crippen LogP contribution in [0.4, 0.5) is 0 Å². The van der Waals surface area contributed by atoms with Crippen LogP contribution in [-0.4, -0.2) is 12.2 Å². The third-order valence-electron chi connectivity index (χ3n) is 4.90. The smallest absolute Gasteiger partial charge is 0.166 e. The van der Waals surface area contributed by atoms with Gasteiger partial charge in [0.2, 0.25) is 0 Å². The zero-order valence-corrected chi connectivity index (χ0v) is 20.9. The Kier molecular flexibility index (Phi) is 7.81. The van der Waals surface area contributed by atoms with Crippen molar-refractivity contribution in [3.8, 4) is 23.0 Å².